The van der Waals surface area contributed by atoms with Crippen LogP contribution < -0.4 is 10.5 Å². The van der Waals surface area contributed by atoms with E-state index in [2.05, 4.69) is 15.0 Å². The van der Waals surface area contributed by atoms with E-state index in [0.29, 0.717) is 12.4 Å². The Balaban J connectivity index is 1.77. The summed E-state index contributed by atoms with van der Waals surface area (Å²) in [4.78, 5) is 13.4. The van der Waals surface area contributed by atoms with Crippen molar-refractivity contribution in [2.45, 2.75) is 12.7 Å². The second-order valence-electron chi connectivity index (χ2n) is 4.35. The van der Waals surface area contributed by atoms with Crippen molar-refractivity contribution in [1.82, 2.24) is 14.9 Å². The maximum Gasteiger partial charge on any atom is 0.178 e. The molecule has 2 aromatic rings. The summed E-state index contributed by atoms with van der Waals surface area (Å²) in [6, 6.07) is 7.90. The SMILES string of the molecule is COc1ccc(CN2C=Nc3nc[nH]c3C2N)cc1. The van der Waals surface area contributed by atoms with Gasteiger partial charge in [0.15, 0.2) is 5.82 Å². The molecule has 0 bridgehead atoms. The zero-order chi connectivity index (χ0) is 13.2. The number of nitrogens with zero attached hydrogens (tertiary/aromatic N) is 3. The molecule has 1 atom stereocenters. The Morgan fingerprint density at radius 1 is 1.37 bits per heavy atom. The third-order valence-corrected chi connectivity index (χ3v) is 3.15. The lowest BCUT2D eigenvalue weighted by Crippen LogP contribution is -2.35. The highest BCUT2D eigenvalue weighted by atomic mass is 16.5. The first-order valence-electron chi connectivity index (χ1n) is 5.99. The number of hydrogen-bond acceptors (Lipinski definition) is 5. The Kier molecular flexibility index (Phi) is 2.92. The molecule has 0 amide bonds. The summed E-state index contributed by atoms with van der Waals surface area (Å²) in [5.74, 6) is 1.51. The number of nitrogens with two attached hydrogens (primary N) is 1. The minimum atomic E-state index is -0.253. The standard InChI is InChI=1S/C13H15N5O/c1-19-10-4-2-9(3-5-10)6-18-8-17-13-11(12(18)14)15-7-16-13/h2-5,7-8,12H,6,14H2,1H3,(H,15,16). The Labute approximate surface area is 110 Å². The lowest BCUT2D eigenvalue weighted by atomic mass is 10.2. The van der Waals surface area contributed by atoms with Crippen LogP contribution in [0.1, 0.15) is 17.4 Å². The van der Waals surface area contributed by atoms with Crippen molar-refractivity contribution in [3.05, 3.63) is 41.9 Å². The lowest BCUT2D eigenvalue weighted by molar-refractivity contribution is 0.316. The van der Waals surface area contributed by atoms with E-state index in [4.69, 9.17) is 10.5 Å². The average Bonchev–Trinajstić information content (AvgIpc) is 2.92. The monoisotopic (exact) mass is 257 g/mol. The first kappa shape index (κ1) is 11.7. The van der Waals surface area contributed by atoms with Crippen LogP contribution in [0, 0.1) is 0 Å². The fourth-order valence-corrected chi connectivity index (χ4v) is 2.07. The second-order valence-corrected chi connectivity index (χ2v) is 4.35. The number of benzene rings is 1. The topological polar surface area (TPSA) is 79.5 Å². The number of fused-ring (bicyclic) bond motifs is 1. The number of rotatable bonds is 3. The number of methoxy groups -OCH3 is 1. The van der Waals surface area contributed by atoms with E-state index in [1.54, 1.807) is 19.8 Å². The van der Waals surface area contributed by atoms with E-state index in [1.807, 2.05) is 29.2 Å². The van der Waals surface area contributed by atoms with Gasteiger partial charge in [0, 0.05) is 6.54 Å². The number of ether oxygens (including phenoxy) is 1. The van der Waals surface area contributed by atoms with Gasteiger partial charge in [0.2, 0.25) is 0 Å². The molecular weight excluding hydrogens is 242 g/mol. The molecule has 19 heavy (non-hydrogen) atoms. The van der Waals surface area contributed by atoms with Gasteiger partial charge in [0.05, 0.1) is 25.5 Å². The number of nitrogens with one attached hydrogen (secondary N) is 1. The predicted octanol–water partition coefficient (Wildman–Crippen LogP) is 1.55. The molecule has 0 saturated heterocycles. The molecule has 0 fully saturated rings. The summed E-state index contributed by atoms with van der Waals surface area (Å²) in [6.45, 7) is 0.688. The molecule has 6 heteroatoms. The van der Waals surface area contributed by atoms with Crippen LogP contribution in [0.4, 0.5) is 5.82 Å². The minimum absolute atomic E-state index is 0.253. The molecule has 3 N–H and O–H groups in total. The van der Waals surface area contributed by atoms with Crippen LogP contribution in [0.2, 0.25) is 0 Å². The van der Waals surface area contributed by atoms with Gasteiger partial charge in [-0.2, -0.15) is 0 Å². The van der Waals surface area contributed by atoms with E-state index in [9.17, 15) is 0 Å². The van der Waals surface area contributed by atoms with Gasteiger partial charge in [-0.15, -0.1) is 0 Å². The first-order valence-corrected chi connectivity index (χ1v) is 5.99. The van der Waals surface area contributed by atoms with Crippen LogP contribution >= 0.6 is 0 Å². The minimum Gasteiger partial charge on any atom is -0.497 e. The number of hydrogen-bond donors (Lipinski definition) is 2. The van der Waals surface area contributed by atoms with Crippen molar-refractivity contribution in [3.63, 3.8) is 0 Å². The summed E-state index contributed by atoms with van der Waals surface area (Å²) in [5, 5.41) is 0. The average molecular weight is 257 g/mol. The summed E-state index contributed by atoms with van der Waals surface area (Å²) in [5.41, 5.74) is 8.17. The van der Waals surface area contributed by atoms with Gasteiger partial charge in [0.25, 0.3) is 0 Å². The maximum absolute atomic E-state index is 6.18. The second kappa shape index (κ2) is 4.74. The Hall–Kier alpha value is -2.34. The summed E-state index contributed by atoms with van der Waals surface area (Å²) in [7, 11) is 1.65. The molecule has 0 radical (unpaired) electrons. The van der Waals surface area contributed by atoms with Crippen LogP contribution in [-0.4, -0.2) is 28.3 Å². The van der Waals surface area contributed by atoms with Gasteiger partial charge < -0.3 is 20.4 Å². The summed E-state index contributed by atoms with van der Waals surface area (Å²) in [6.07, 6.45) is 3.09. The van der Waals surface area contributed by atoms with Crippen molar-refractivity contribution >= 4 is 12.2 Å². The highest BCUT2D eigenvalue weighted by molar-refractivity contribution is 5.65. The van der Waals surface area contributed by atoms with Crippen LogP contribution in [-0.2, 0) is 6.54 Å². The van der Waals surface area contributed by atoms with Crippen molar-refractivity contribution < 1.29 is 4.74 Å². The fraction of sp³-hybridized carbons (Fsp3) is 0.231. The van der Waals surface area contributed by atoms with Gasteiger partial charge in [0.1, 0.15) is 11.9 Å². The molecule has 1 aromatic carbocycles. The van der Waals surface area contributed by atoms with Crippen LogP contribution in [0.3, 0.4) is 0 Å². The van der Waals surface area contributed by atoms with E-state index in [-0.39, 0.29) is 6.17 Å². The highest BCUT2D eigenvalue weighted by Crippen LogP contribution is 2.27. The Bertz CT molecular complexity index is 589. The quantitative estimate of drug-likeness (QED) is 0.874. The normalized spacial score (nSPS) is 17.4. The molecule has 0 aliphatic carbocycles. The van der Waals surface area contributed by atoms with Gasteiger partial charge in [-0.05, 0) is 17.7 Å². The lowest BCUT2D eigenvalue weighted by Gasteiger charge is -2.28. The number of imidazole rings is 1. The molecule has 1 aliphatic rings. The molecule has 2 heterocycles. The molecule has 0 spiro atoms. The summed E-state index contributed by atoms with van der Waals surface area (Å²) < 4.78 is 5.14. The predicted molar refractivity (Wildman–Crippen MR) is 72.2 cm³/mol. The number of aliphatic imine (C=N–C) groups is 1. The van der Waals surface area contributed by atoms with Gasteiger partial charge in [-0.25, -0.2) is 9.98 Å². The van der Waals surface area contributed by atoms with E-state index < -0.39 is 0 Å². The molecule has 1 unspecified atom stereocenters. The maximum atomic E-state index is 6.18. The number of aromatic amines is 1. The molecule has 98 valence electrons. The van der Waals surface area contributed by atoms with Crippen LogP contribution in [0.5, 0.6) is 5.75 Å². The molecule has 6 nitrogen and oxygen atoms in total. The first-order chi connectivity index (χ1) is 9.28. The van der Waals surface area contributed by atoms with Gasteiger partial charge >= 0.3 is 0 Å². The largest absolute Gasteiger partial charge is 0.497 e. The van der Waals surface area contributed by atoms with Gasteiger partial charge in [-0.3, -0.25) is 0 Å². The molecule has 1 aliphatic heterocycles. The third-order valence-electron chi connectivity index (χ3n) is 3.15. The Morgan fingerprint density at radius 2 is 2.16 bits per heavy atom. The zero-order valence-corrected chi connectivity index (χ0v) is 10.6. The smallest absolute Gasteiger partial charge is 0.178 e. The number of aromatic nitrogens is 2. The van der Waals surface area contributed by atoms with Crippen LogP contribution in [0.25, 0.3) is 0 Å². The van der Waals surface area contributed by atoms with Crippen molar-refractivity contribution in [2.24, 2.45) is 10.7 Å². The molecular formula is C13H15N5O. The van der Waals surface area contributed by atoms with E-state index in [0.717, 1.165) is 17.0 Å². The summed E-state index contributed by atoms with van der Waals surface area (Å²) >= 11 is 0. The van der Waals surface area contributed by atoms with Gasteiger partial charge in [-0.1, -0.05) is 12.1 Å². The number of H-pyrrole nitrogens is 1. The van der Waals surface area contributed by atoms with Crippen molar-refractivity contribution in [2.75, 3.05) is 7.11 Å². The molecule has 3 rings (SSSR count). The zero-order valence-electron chi connectivity index (χ0n) is 10.6. The van der Waals surface area contributed by atoms with Crippen molar-refractivity contribution in [1.29, 1.82) is 0 Å². The van der Waals surface area contributed by atoms with E-state index >= 15 is 0 Å². The molecule has 1 aromatic heterocycles. The van der Waals surface area contributed by atoms with Crippen molar-refractivity contribution in [3.8, 4) is 5.75 Å². The van der Waals surface area contributed by atoms with Crippen LogP contribution in [0.15, 0.2) is 35.6 Å². The van der Waals surface area contributed by atoms with E-state index in [1.165, 1.54) is 0 Å². The molecule has 0 saturated carbocycles. The Morgan fingerprint density at radius 3 is 2.89 bits per heavy atom. The highest BCUT2D eigenvalue weighted by Gasteiger charge is 2.22. The third kappa shape index (κ3) is 2.17. The fourth-order valence-electron chi connectivity index (χ4n) is 2.07.